The Morgan fingerprint density at radius 1 is 1.40 bits per heavy atom. The van der Waals surface area contributed by atoms with E-state index in [0.717, 1.165) is 11.4 Å². The molecule has 2 aromatic rings. The minimum Gasteiger partial charge on any atom is -0.453 e. The number of amides is 1. The Labute approximate surface area is 122 Å². The first-order valence-corrected chi connectivity index (χ1v) is 7.09. The molecule has 1 unspecified atom stereocenters. The number of nitrogens with one attached hydrogen (secondary N) is 2. The van der Waals surface area contributed by atoms with Crippen LogP contribution in [0.1, 0.15) is 23.5 Å². The van der Waals surface area contributed by atoms with Gasteiger partial charge < -0.3 is 10.1 Å². The summed E-state index contributed by atoms with van der Waals surface area (Å²) >= 11 is 1.63. The highest BCUT2D eigenvalue weighted by Gasteiger charge is 2.11. The van der Waals surface area contributed by atoms with Gasteiger partial charge in [-0.05, 0) is 32.0 Å². The Morgan fingerprint density at radius 2 is 2.15 bits per heavy atom. The van der Waals surface area contributed by atoms with Gasteiger partial charge in [0.1, 0.15) is 0 Å². The zero-order chi connectivity index (χ0) is 14.5. The van der Waals surface area contributed by atoms with E-state index >= 15 is 0 Å². The molecular formula is C14H17N3O2S. The summed E-state index contributed by atoms with van der Waals surface area (Å²) in [5.74, 6) is 0. The second-order valence-electron chi connectivity index (χ2n) is 4.37. The monoisotopic (exact) mass is 291 g/mol. The molecule has 106 valence electrons. The molecule has 1 aromatic carbocycles. The van der Waals surface area contributed by atoms with Crippen LogP contribution in [-0.2, 0) is 4.74 Å². The minimum atomic E-state index is -0.478. The number of hydrogen-bond acceptors (Lipinski definition) is 5. The number of hydrogen-bond donors (Lipinski definition) is 2. The Kier molecular flexibility index (Phi) is 4.57. The van der Waals surface area contributed by atoms with Gasteiger partial charge in [-0.1, -0.05) is 6.07 Å². The Morgan fingerprint density at radius 3 is 2.80 bits per heavy atom. The van der Waals surface area contributed by atoms with Crippen LogP contribution in [0.5, 0.6) is 0 Å². The highest BCUT2D eigenvalue weighted by molar-refractivity contribution is 7.09. The van der Waals surface area contributed by atoms with E-state index in [-0.39, 0.29) is 6.04 Å². The third-order valence-corrected chi connectivity index (χ3v) is 3.97. The molecule has 0 spiro atoms. The molecule has 0 aliphatic carbocycles. The Bertz CT molecular complexity index is 598. The van der Waals surface area contributed by atoms with Gasteiger partial charge in [0, 0.05) is 16.3 Å². The fourth-order valence-electron chi connectivity index (χ4n) is 1.90. The average Bonchev–Trinajstić information content (AvgIpc) is 2.85. The lowest BCUT2D eigenvalue weighted by atomic mass is 10.2. The second kappa shape index (κ2) is 6.38. The number of carbonyl (C=O) groups is 1. The molecule has 6 heteroatoms. The van der Waals surface area contributed by atoms with Crippen molar-refractivity contribution in [3.63, 3.8) is 0 Å². The molecule has 0 fully saturated rings. The van der Waals surface area contributed by atoms with Crippen molar-refractivity contribution < 1.29 is 9.53 Å². The van der Waals surface area contributed by atoms with Crippen molar-refractivity contribution in [2.45, 2.75) is 19.9 Å². The van der Waals surface area contributed by atoms with Crippen LogP contribution in [0.3, 0.4) is 0 Å². The molecule has 0 aliphatic rings. The summed E-state index contributed by atoms with van der Waals surface area (Å²) in [6.07, 6.45) is -0.478. The van der Waals surface area contributed by atoms with E-state index < -0.39 is 6.09 Å². The number of anilines is 2. The number of thiazole rings is 1. The lowest BCUT2D eigenvalue weighted by molar-refractivity contribution is 0.187. The van der Waals surface area contributed by atoms with E-state index in [1.807, 2.05) is 36.7 Å². The lowest BCUT2D eigenvalue weighted by Gasteiger charge is -2.15. The fourth-order valence-corrected chi connectivity index (χ4v) is 2.71. The van der Waals surface area contributed by atoms with Crippen molar-refractivity contribution in [1.29, 1.82) is 0 Å². The topological polar surface area (TPSA) is 63.2 Å². The highest BCUT2D eigenvalue weighted by Crippen LogP contribution is 2.26. The average molecular weight is 291 g/mol. The summed E-state index contributed by atoms with van der Waals surface area (Å²) in [5, 5.41) is 6.04. The predicted molar refractivity (Wildman–Crippen MR) is 81.4 cm³/mol. The molecule has 5 nitrogen and oxygen atoms in total. The van der Waals surface area contributed by atoms with Crippen LogP contribution in [-0.4, -0.2) is 18.2 Å². The van der Waals surface area contributed by atoms with Gasteiger partial charge in [-0.25, -0.2) is 9.78 Å². The van der Waals surface area contributed by atoms with Gasteiger partial charge in [-0.3, -0.25) is 5.32 Å². The number of aryl methyl sites for hydroxylation is 1. The third kappa shape index (κ3) is 3.48. The minimum absolute atomic E-state index is 0.163. The molecule has 0 saturated carbocycles. The first kappa shape index (κ1) is 14.3. The van der Waals surface area contributed by atoms with Gasteiger partial charge in [-0.2, -0.15) is 0 Å². The van der Waals surface area contributed by atoms with Crippen molar-refractivity contribution in [1.82, 2.24) is 4.98 Å². The predicted octanol–water partition coefficient (Wildman–Crippen LogP) is 3.80. The zero-order valence-corrected chi connectivity index (χ0v) is 12.5. The van der Waals surface area contributed by atoms with E-state index in [1.54, 1.807) is 11.3 Å². The molecule has 0 saturated heterocycles. The molecule has 20 heavy (non-hydrogen) atoms. The number of nitrogens with zero attached hydrogens (tertiary/aromatic N) is 1. The zero-order valence-electron chi connectivity index (χ0n) is 11.6. The Hall–Kier alpha value is -2.08. The van der Waals surface area contributed by atoms with Gasteiger partial charge in [-0.15, -0.1) is 11.3 Å². The summed E-state index contributed by atoms with van der Waals surface area (Å²) in [7, 11) is 1.34. The number of methoxy groups -OCH3 is 1. The Balaban J connectivity index is 2.08. The van der Waals surface area contributed by atoms with Crippen LogP contribution in [0, 0.1) is 6.92 Å². The van der Waals surface area contributed by atoms with Gasteiger partial charge >= 0.3 is 6.09 Å². The molecule has 2 rings (SSSR count). The molecule has 2 N–H and O–H groups in total. The fraction of sp³-hybridized carbons (Fsp3) is 0.286. The quantitative estimate of drug-likeness (QED) is 0.899. The maximum atomic E-state index is 11.2. The number of carbonyl (C=O) groups excluding carboxylic acids is 1. The van der Waals surface area contributed by atoms with Crippen LogP contribution in [0.15, 0.2) is 29.8 Å². The van der Waals surface area contributed by atoms with Crippen molar-refractivity contribution in [2.75, 3.05) is 17.7 Å². The number of benzene rings is 1. The molecular weight excluding hydrogens is 274 g/mol. The number of rotatable bonds is 4. The van der Waals surface area contributed by atoms with Gasteiger partial charge in [0.25, 0.3) is 0 Å². The van der Waals surface area contributed by atoms with Crippen molar-refractivity contribution >= 4 is 28.8 Å². The molecule has 1 heterocycles. The van der Waals surface area contributed by atoms with Crippen LogP contribution in [0.2, 0.25) is 0 Å². The number of ether oxygens (including phenoxy) is 1. The smallest absolute Gasteiger partial charge is 0.411 e. The van der Waals surface area contributed by atoms with E-state index in [0.29, 0.717) is 5.69 Å². The highest BCUT2D eigenvalue weighted by atomic mass is 32.1. The van der Waals surface area contributed by atoms with Crippen LogP contribution in [0.25, 0.3) is 0 Å². The summed E-state index contributed by atoms with van der Waals surface area (Å²) in [6.45, 7) is 4.08. The summed E-state index contributed by atoms with van der Waals surface area (Å²) < 4.78 is 4.57. The molecule has 0 aliphatic heterocycles. The normalized spacial score (nSPS) is 11.8. The van der Waals surface area contributed by atoms with E-state index in [1.165, 1.54) is 12.0 Å². The van der Waals surface area contributed by atoms with E-state index in [9.17, 15) is 4.79 Å². The molecule has 0 bridgehead atoms. The van der Waals surface area contributed by atoms with Gasteiger partial charge in [0.05, 0.1) is 24.4 Å². The third-order valence-electron chi connectivity index (χ3n) is 2.85. The number of aromatic nitrogens is 1. The van der Waals surface area contributed by atoms with Crippen LogP contribution >= 0.6 is 11.3 Å². The first-order chi connectivity index (χ1) is 9.60. The summed E-state index contributed by atoms with van der Waals surface area (Å²) in [4.78, 5) is 16.6. The maximum Gasteiger partial charge on any atom is 0.411 e. The van der Waals surface area contributed by atoms with Gasteiger partial charge in [0.15, 0.2) is 0 Å². The largest absolute Gasteiger partial charge is 0.453 e. The van der Waals surface area contributed by atoms with Crippen LogP contribution in [0.4, 0.5) is 16.2 Å². The van der Waals surface area contributed by atoms with E-state index in [2.05, 4.69) is 27.3 Å². The van der Waals surface area contributed by atoms with Gasteiger partial charge in [0.2, 0.25) is 0 Å². The summed E-state index contributed by atoms with van der Waals surface area (Å²) in [6, 6.07) is 7.67. The molecule has 0 radical (unpaired) electrons. The van der Waals surface area contributed by atoms with E-state index in [4.69, 9.17) is 0 Å². The van der Waals surface area contributed by atoms with Crippen molar-refractivity contribution in [3.8, 4) is 0 Å². The second-order valence-corrected chi connectivity index (χ2v) is 5.25. The standard InChI is InChI=1S/C14H17N3O2S/c1-9-13(20-8-15-9)10(2)16-11-5-4-6-12(7-11)17-14(18)19-3/h4-8,10,16H,1-3H3,(H,17,18). The molecule has 1 atom stereocenters. The van der Waals surface area contributed by atoms with Crippen molar-refractivity contribution in [2.24, 2.45) is 0 Å². The maximum absolute atomic E-state index is 11.2. The lowest BCUT2D eigenvalue weighted by Crippen LogP contribution is -2.11. The summed E-state index contributed by atoms with van der Waals surface area (Å²) in [5.41, 5.74) is 4.51. The van der Waals surface area contributed by atoms with Crippen molar-refractivity contribution in [3.05, 3.63) is 40.3 Å². The SMILES string of the molecule is COC(=O)Nc1cccc(NC(C)c2scnc2C)c1. The molecule has 1 amide bonds. The van der Waals surface area contributed by atoms with Crippen LogP contribution < -0.4 is 10.6 Å². The first-order valence-electron chi connectivity index (χ1n) is 6.21. The molecule has 1 aromatic heterocycles.